The number of aliphatic hydroxyl groups excluding tert-OH is 1. The smallest absolute Gasteiger partial charge is 0.227 e. The van der Waals surface area contributed by atoms with Crippen molar-refractivity contribution in [3.8, 4) is 23.1 Å². The van der Waals surface area contributed by atoms with Gasteiger partial charge in [-0.2, -0.15) is 5.10 Å². The van der Waals surface area contributed by atoms with Gasteiger partial charge in [-0.15, -0.1) is 0 Å². The van der Waals surface area contributed by atoms with E-state index in [-0.39, 0.29) is 0 Å². The van der Waals surface area contributed by atoms with Gasteiger partial charge in [0.05, 0.1) is 36.8 Å². The molecule has 1 heterocycles. The van der Waals surface area contributed by atoms with Gasteiger partial charge < -0.3 is 19.3 Å². The van der Waals surface area contributed by atoms with Gasteiger partial charge in [0.2, 0.25) is 5.88 Å². The molecule has 0 amide bonds. The summed E-state index contributed by atoms with van der Waals surface area (Å²) in [5.41, 5.74) is 3.69. The number of benzene rings is 3. The van der Waals surface area contributed by atoms with Gasteiger partial charge in [0.15, 0.2) is 11.5 Å². The first kappa shape index (κ1) is 26.4. The summed E-state index contributed by atoms with van der Waals surface area (Å²) in [4.78, 5) is 2.18. The minimum Gasteiger partial charge on any atom is -0.493 e. The van der Waals surface area contributed by atoms with Gasteiger partial charge in [0, 0.05) is 26.7 Å². The number of hydrogen-bond donors (Lipinski definition) is 1. The Balaban J connectivity index is 1.74. The maximum atomic E-state index is 11.0. The van der Waals surface area contributed by atoms with Crippen LogP contribution in [0.5, 0.6) is 17.4 Å². The second kappa shape index (κ2) is 13.1. The summed E-state index contributed by atoms with van der Waals surface area (Å²) in [6, 6.07) is 27.3. The second-order valence-electron chi connectivity index (χ2n) is 8.74. The highest BCUT2D eigenvalue weighted by Crippen LogP contribution is 2.36. The highest BCUT2D eigenvalue weighted by Gasteiger charge is 2.24. The Labute approximate surface area is 218 Å². The van der Waals surface area contributed by atoms with E-state index in [1.54, 1.807) is 14.2 Å². The number of ether oxygens (including phenoxy) is 3. The van der Waals surface area contributed by atoms with Crippen molar-refractivity contribution in [2.75, 3.05) is 33.9 Å². The summed E-state index contributed by atoms with van der Waals surface area (Å²) >= 11 is 0. The average molecular weight is 502 g/mol. The lowest BCUT2D eigenvalue weighted by molar-refractivity contribution is 0.0844. The normalized spacial score (nSPS) is 12.0. The first-order valence-electron chi connectivity index (χ1n) is 12.6. The topological polar surface area (TPSA) is 69.0 Å². The molecule has 0 aliphatic rings. The largest absolute Gasteiger partial charge is 0.493 e. The minimum absolute atomic E-state index is 0.446. The number of rotatable bonds is 13. The van der Waals surface area contributed by atoms with Gasteiger partial charge in [0.25, 0.3) is 0 Å². The lowest BCUT2D eigenvalue weighted by atomic mass is 10.1. The van der Waals surface area contributed by atoms with Crippen molar-refractivity contribution < 1.29 is 19.3 Å². The van der Waals surface area contributed by atoms with Crippen molar-refractivity contribution in [2.24, 2.45) is 0 Å². The van der Waals surface area contributed by atoms with E-state index in [4.69, 9.17) is 19.3 Å². The van der Waals surface area contributed by atoms with Crippen molar-refractivity contribution in [3.05, 3.63) is 102 Å². The van der Waals surface area contributed by atoms with E-state index in [9.17, 15) is 5.11 Å². The third kappa shape index (κ3) is 6.57. The summed E-state index contributed by atoms with van der Waals surface area (Å²) in [6.45, 7) is 4.26. The number of para-hydroxylation sites is 3. The van der Waals surface area contributed by atoms with Crippen molar-refractivity contribution >= 4 is 0 Å². The van der Waals surface area contributed by atoms with E-state index in [2.05, 4.69) is 11.8 Å². The molecule has 1 N–H and O–H groups in total. The number of aryl methyl sites for hydroxylation is 1. The molecule has 7 heteroatoms. The molecule has 1 unspecified atom stereocenters. The van der Waals surface area contributed by atoms with Gasteiger partial charge >= 0.3 is 0 Å². The van der Waals surface area contributed by atoms with E-state index >= 15 is 0 Å². The Bertz CT molecular complexity index is 1240. The van der Waals surface area contributed by atoms with Crippen molar-refractivity contribution in [1.29, 1.82) is 0 Å². The van der Waals surface area contributed by atoms with Crippen LogP contribution < -0.4 is 9.47 Å². The molecule has 0 aliphatic heterocycles. The summed E-state index contributed by atoms with van der Waals surface area (Å²) < 4.78 is 19.3. The van der Waals surface area contributed by atoms with Crippen LogP contribution in [0.15, 0.2) is 84.9 Å². The fourth-order valence-corrected chi connectivity index (χ4v) is 4.28. The van der Waals surface area contributed by atoms with Crippen LogP contribution in [0.4, 0.5) is 0 Å². The molecule has 7 nitrogen and oxygen atoms in total. The van der Waals surface area contributed by atoms with Crippen molar-refractivity contribution in [1.82, 2.24) is 14.7 Å². The van der Waals surface area contributed by atoms with Gasteiger partial charge in [-0.05, 0) is 36.2 Å². The van der Waals surface area contributed by atoms with E-state index < -0.39 is 6.10 Å². The van der Waals surface area contributed by atoms with Crippen LogP contribution in [0.25, 0.3) is 5.69 Å². The summed E-state index contributed by atoms with van der Waals surface area (Å²) in [7, 11) is 3.32. The zero-order valence-electron chi connectivity index (χ0n) is 21.7. The molecular formula is C30H35N3O4. The number of hydrogen-bond acceptors (Lipinski definition) is 6. The van der Waals surface area contributed by atoms with E-state index in [0.717, 1.165) is 28.9 Å². The fraction of sp³-hybridized carbons (Fsp3) is 0.300. The summed E-state index contributed by atoms with van der Waals surface area (Å²) in [5, 5.41) is 16.0. The van der Waals surface area contributed by atoms with Crippen LogP contribution in [-0.2, 0) is 17.7 Å². The lowest BCUT2D eigenvalue weighted by Crippen LogP contribution is -2.31. The molecule has 1 atom stereocenters. The van der Waals surface area contributed by atoms with E-state index in [1.165, 1.54) is 0 Å². The molecule has 194 valence electrons. The van der Waals surface area contributed by atoms with Gasteiger partial charge in [0.1, 0.15) is 0 Å². The summed E-state index contributed by atoms with van der Waals surface area (Å²) in [5.74, 6) is 1.88. The molecule has 0 fully saturated rings. The number of methoxy groups -OCH3 is 2. The van der Waals surface area contributed by atoms with Crippen LogP contribution in [0.2, 0.25) is 0 Å². The molecule has 0 radical (unpaired) electrons. The van der Waals surface area contributed by atoms with E-state index in [1.807, 2.05) is 89.6 Å². The molecule has 37 heavy (non-hydrogen) atoms. The highest BCUT2D eigenvalue weighted by atomic mass is 16.5. The van der Waals surface area contributed by atoms with E-state index in [0.29, 0.717) is 43.6 Å². The Morgan fingerprint density at radius 2 is 1.54 bits per heavy atom. The van der Waals surface area contributed by atoms with Gasteiger partial charge in [-0.1, -0.05) is 67.6 Å². The zero-order valence-corrected chi connectivity index (χ0v) is 21.7. The Hall–Kier alpha value is -3.65. The SMILES string of the molecule is CCc1nn(-c2ccccc2)c(Oc2ccccc2OC)c1CN(CCOC)CC(O)c1ccccc1. The molecule has 4 aromatic rings. The third-order valence-corrected chi connectivity index (χ3v) is 6.24. The molecule has 0 aliphatic carbocycles. The Kier molecular flexibility index (Phi) is 9.32. The first-order chi connectivity index (χ1) is 18.1. The average Bonchev–Trinajstić information content (AvgIpc) is 3.29. The predicted molar refractivity (Wildman–Crippen MR) is 145 cm³/mol. The number of nitrogens with zero attached hydrogens (tertiary/aromatic N) is 3. The zero-order chi connectivity index (χ0) is 26.0. The first-order valence-corrected chi connectivity index (χ1v) is 12.6. The van der Waals surface area contributed by atoms with Crippen LogP contribution in [-0.4, -0.2) is 53.7 Å². The maximum absolute atomic E-state index is 11.0. The molecule has 0 saturated heterocycles. The second-order valence-corrected chi connectivity index (χ2v) is 8.74. The Morgan fingerprint density at radius 3 is 2.19 bits per heavy atom. The molecular weight excluding hydrogens is 466 g/mol. The van der Waals surface area contributed by atoms with Gasteiger partial charge in [-0.25, -0.2) is 4.68 Å². The highest BCUT2D eigenvalue weighted by molar-refractivity contribution is 5.47. The minimum atomic E-state index is -0.633. The third-order valence-electron chi connectivity index (χ3n) is 6.24. The fourth-order valence-electron chi connectivity index (χ4n) is 4.28. The van der Waals surface area contributed by atoms with Gasteiger partial charge in [-0.3, -0.25) is 4.90 Å². The van der Waals surface area contributed by atoms with Crippen LogP contribution >= 0.6 is 0 Å². The number of aliphatic hydroxyl groups is 1. The Morgan fingerprint density at radius 1 is 0.892 bits per heavy atom. The van der Waals surface area contributed by atoms with Crippen molar-refractivity contribution in [2.45, 2.75) is 26.0 Å². The van der Waals surface area contributed by atoms with Crippen LogP contribution in [0.3, 0.4) is 0 Å². The van der Waals surface area contributed by atoms with Crippen LogP contribution in [0, 0.1) is 0 Å². The monoisotopic (exact) mass is 501 g/mol. The quantitative estimate of drug-likeness (QED) is 0.264. The predicted octanol–water partition coefficient (Wildman–Crippen LogP) is 5.42. The number of aromatic nitrogens is 2. The molecule has 4 rings (SSSR count). The molecule has 3 aromatic carbocycles. The maximum Gasteiger partial charge on any atom is 0.227 e. The summed E-state index contributed by atoms with van der Waals surface area (Å²) in [6.07, 6.45) is 0.0995. The molecule has 0 saturated carbocycles. The van der Waals surface area contributed by atoms with Crippen LogP contribution in [0.1, 0.15) is 29.8 Å². The molecule has 0 spiro atoms. The lowest BCUT2D eigenvalue weighted by Gasteiger charge is -2.25. The molecule has 1 aromatic heterocycles. The standard InChI is InChI=1S/C30H35N3O4/c1-4-26-25(21-32(19-20-35-2)22-27(34)23-13-7-5-8-14-23)30(33(31-26)24-15-9-6-10-16-24)37-29-18-12-11-17-28(29)36-3/h5-18,27,34H,4,19-22H2,1-3H3. The molecule has 0 bridgehead atoms. The van der Waals surface area contributed by atoms with Crippen molar-refractivity contribution in [3.63, 3.8) is 0 Å².